The number of pyridine rings is 1. The van der Waals surface area contributed by atoms with Crippen molar-refractivity contribution in [3.05, 3.63) is 79.0 Å². The molecule has 1 radical (unpaired) electrons. The third kappa shape index (κ3) is 1.76. The van der Waals surface area contributed by atoms with Crippen LogP contribution in [0.25, 0.3) is 32.8 Å². The standard InChI is InChI=1S/C19H12N/c1-2-6-14(7-3-1)15-10-11-19-18(12-15)17-9-5-4-8-16(17)13-20-19/h1-2,4-13H. The average molecular weight is 254 g/mol. The summed E-state index contributed by atoms with van der Waals surface area (Å²) in [5.41, 5.74) is 3.42. The first-order chi connectivity index (χ1) is 9.92. The highest BCUT2D eigenvalue weighted by Gasteiger charge is 2.03. The molecular weight excluding hydrogens is 242 g/mol. The van der Waals surface area contributed by atoms with E-state index in [1.165, 1.54) is 27.3 Å². The molecule has 3 aromatic carbocycles. The van der Waals surface area contributed by atoms with E-state index in [1.54, 1.807) is 0 Å². The molecule has 1 heteroatoms. The fraction of sp³-hybridized carbons (Fsp3) is 0. The van der Waals surface area contributed by atoms with Crippen molar-refractivity contribution in [1.82, 2.24) is 4.98 Å². The number of rotatable bonds is 1. The number of benzene rings is 3. The Morgan fingerprint density at radius 1 is 0.800 bits per heavy atom. The maximum absolute atomic E-state index is 4.54. The van der Waals surface area contributed by atoms with E-state index < -0.39 is 0 Å². The maximum Gasteiger partial charge on any atom is 0.0708 e. The molecule has 20 heavy (non-hydrogen) atoms. The molecule has 0 bridgehead atoms. The van der Waals surface area contributed by atoms with E-state index in [1.807, 2.05) is 30.5 Å². The lowest BCUT2D eigenvalue weighted by molar-refractivity contribution is 1.44. The van der Waals surface area contributed by atoms with Gasteiger partial charge in [-0.2, -0.15) is 0 Å². The predicted molar refractivity (Wildman–Crippen MR) is 83.5 cm³/mol. The topological polar surface area (TPSA) is 12.9 Å². The van der Waals surface area contributed by atoms with Crippen LogP contribution in [0.5, 0.6) is 0 Å². The predicted octanol–water partition coefficient (Wildman–Crippen LogP) is 4.86. The minimum atomic E-state index is 1.03. The van der Waals surface area contributed by atoms with Gasteiger partial charge in [0.25, 0.3) is 0 Å². The zero-order valence-corrected chi connectivity index (χ0v) is 10.9. The molecule has 0 atom stereocenters. The second-order valence-electron chi connectivity index (χ2n) is 4.87. The molecule has 0 unspecified atom stereocenters. The van der Waals surface area contributed by atoms with Crippen LogP contribution in [0, 0.1) is 6.07 Å². The third-order valence-corrected chi connectivity index (χ3v) is 3.63. The second kappa shape index (κ2) is 4.46. The summed E-state index contributed by atoms with van der Waals surface area (Å²) in [6.07, 6.45) is 1.94. The summed E-state index contributed by atoms with van der Waals surface area (Å²) in [5, 5.41) is 3.63. The molecule has 0 amide bonds. The lowest BCUT2D eigenvalue weighted by Crippen LogP contribution is -1.84. The van der Waals surface area contributed by atoms with Gasteiger partial charge < -0.3 is 0 Å². The minimum absolute atomic E-state index is 1.03. The molecular formula is C19H12N. The van der Waals surface area contributed by atoms with Crippen molar-refractivity contribution in [2.45, 2.75) is 0 Å². The van der Waals surface area contributed by atoms with E-state index in [2.05, 4.69) is 53.5 Å². The Labute approximate surface area is 117 Å². The van der Waals surface area contributed by atoms with Gasteiger partial charge in [0.1, 0.15) is 0 Å². The van der Waals surface area contributed by atoms with Crippen molar-refractivity contribution in [3.63, 3.8) is 0 Å². The van der Waals surface area contributed by atoms with Crippen LogP contribution < -0.4 is 0 Å². The highest BCUT2D eigenvalue weighted by molar-refractivity contribution is 6.06. The Morgan fingerprint density at radius 2 is 1.75 bits per heavy atom. The summed E-state index contributed by atoms with van der Waals surface area (Å²) in [7, 11) is 0. The first-order valence-corrected chi connectivity index (χ1v) is 6.66. The Bertz CT molecular complexity index is 895. The van der Waals surface area contributed by atoms with Crippen molar-refractivity contribution >= 4 is 21.7 Å². The van der Waals surface area contributed by atoms with Crippen LogP contribution in [0.3, 0.4) is 0 Å². The summed E-state index contributed by atoms with van der Waals surface area (Å²) < 4.78 is 0. The molecule has 4 rings (SSSR count). The van der Waals surface area contributed by atoms with Crippen molar-refractivity contribution in [3.8, 4) is 11.1 Å². The normalized spacial score (nSPS) is 11.0. The minimum Gasteiger partial charge on any atom is -0.256 e. The summed E-state index contributed by atoms with van der Waals surface area (Å²) >= 11 is 0. The van der Waals surface area contributed by atoms with Crippen LogP contribution in [-0.4, -0.2) is 4.98 Å². The Kier molecular flexibility index (Phi) is 2.49. The van der Waals surface area contributed by atoms with Gasteiger partial charge >= 0.3 is 0 Å². The number of nitrogens with zero attached hydrogens (tertiary/aromatic N) is 1. The van der Waals surface area contributed by atoms with Gasteiger partial charge in [-0.25, -0.2) is 0 Å². The van der Waals surface area contributed by atoms with Gasteiger partial charge in [-0.05, 0) is 40.8 Å². The van der Waals surface area contributed by atoms with Crippen LogP contribution in [0.4, 0.5) is 0 Å². The monoisotopic (exact) mass is 254 g/mol. The highest BCUT2D eigenvalue weighted by atomic mass is 14.6. The van der Waals surface area contributed by atoms with E-state index in [-0.39, 0.29) is 0 Å². The summed E-state index contributed by atoms with van der Waals surface area (Å²) in [4.78, 5) is 4.54. The quantitative estimate of drug-likeness (QED) is 0.442. The lowest BCUT2D eigenvalue weighted by atomic mass is 10.0. The van der Waals surface area contributed by atoms with E-state index >= 15 is 0 Å². The third-order valence-electron chi connectivity index (χ3n) is 3.63. The number of aromatic nitrogens is 1. The second-order valence-corrected chi connectivity index (χ2v) is 4.87. The molecule has 1 heterocycles. The molecule has 0 aliphatic rings. The van der Waals surface area contributed by atoms with Crippen LogP contribution in [0.2, 0.25) is 0 Å². The van der Waals surface area contributed by atoms with Crippen molar-refractivity contribution in [1.29, 1.82) is 0 Å². The Morgan fingerprint density at radius 3 is 2.65 bits per heavy atom. The van der Waals surface area contributed by atoms with Crippen molar-refractivity contribution < 1.29 is 0 Å². The van der Waals surface area contributed by atoms with E-state index in [9.17, 15) is 0 Å². The van der Waals surface area contributed by atoms with Crippen LogP contribution in [-0.2, 0) is 0 Å². The first-order valence-electron chi connectivity index (χ1n) is 6.66. The molecule has 1 aromatic heterocycles. The van der Waals surface area contributed by atoms with Gasteiger partial charge in [-0.3, -0.25) is 4.98 Å². The highest BCUT2D eigenvalue weighted by Crippen LogP contribution is 2.28. The fourth-order valence-electron chi connectivity index (χ4n) is 2.61. The van der Waals surface area contributed by atoms with Crippen LogP contribution in [0.15, 0.2) is 72.9 Å². The number of fused-ring (bicyclic) bond motifs is 3. The van der Waals surface area contributed by atoms with E-state index in [4.69, 9.17) is 0 Å². The molecule has 0 saturated carbocycles. The van der Waals surface area contributed by atoms with Gasteiger partial charge in [0.15, 0.2) is 0 Å². The molecule has 0 N–H and O–H groups in total. The molecule has 1 nitrogen and oxygen atoms in total. The van der Waals surface area contributed by atoms with E-state index in [0.29, 0.717) is 0 Å². The van der Waals surface area contributed by atoms with Gasteiger partial charge in [0.05, 0.1) is 5.52 Å². The van der Waals surface area contributed by atoms with Crippen molar-refractivity contribution in [2.24, 2.45) is 0 Å². The molecule has 0 aliphatic heterocycles. The molecule has 0 aliphatic carbocycles. The molecule has 0 fully saturated rings. The molecule has 4 aromatic rings. The lowest BCUT2D eigenvalue weighted by Gasteiger charge is -2.06. The van der Waals surface area contributed by atoms with Gasteiger partial charge in [-0.15, -0.1) is 0 Å². The summed E-state index contributed by atoms with van der Waals surface area (Å²) in [6, 6.07) is 26.0. The molecule has 93 valence electrons. The number of hydrogen-bond donors (Lipinski definition) is 0. The largest absolute Gasteiger partial charge is 0.256 e. The van der Waals surface area contributed by atoms with Crippen LogP contribution >= 0.6 is 0 Å². The zero-order chi connectivity index (χ0) is 13.4. The van der Waals surface area contributed by atoms with Gasteiger partial charge in [-0.1, -0.05) is 48.5 Å². The zero-order valence-electron chi connectivity index (χ0n) is 10.9. The molecule has 0 spiro atoms. The van der Waals surface area contributed by atoms with Crippen molar-refractivity contribution in [2.75, 3.05) is 0 Å². The fourth-order valence-corrected chi connectivity index (χ4v) is 2.61. The Balaban J connectivity index is 2.05. The Hall–Kier alpha value is -2.67. The van der Waals surface area contributed by atoms with Gasteiger partial charge in [0, 0.05) is 17.0 Å². The van der Waals surface area contributed by atoms with E-state index in [0.717, 1.165) is 5.52 Å². The van der Waals surface area contributed by atoms with Crippen LogP contribution in [0.1, 0.15) is 0 Å². The summed E-state index contributed by atoms with van der Waals surface area (Å²) in [5.74, 6) is 0. The molecule has 0 saturated heterocycles. The smallest absolute Gasteiger partial charge is 0.0708 e. The van der Waals surface area contributed by atoms with Gasteiger partial charge in [0.2, 0.25) is 0 Å². The maximum atomic E-state index is 4.54. The summed E-state index contributed by atoms with van der Waals surface area (Å²) in [6.45, 7) is 0. The average Bonchev–Trinajstić information content (AvgIpc) is 2.55. The first kappa shape index (κ1) is 11.2. The number of hydrogen-bond acceptors (Lipinski definition) is 1. The SMILES string of the molecule is [c]1cccc(-c2ccc3ncc4ccccc4c3c2)c1.